The van der Waals surface area contributed by atoms with Gasteiger partial charge < -0.3 is 9.73 Å². The number of halogens is 2. The highest BCUT2D eigenvalue weighted by molar-refractivity contribution is 7.98. The van der Waals surface area contributed by atoms with E-state index in [2.05, 4.69) is 10.3 Å². The number of anilines is 1. The molecule has 0 aliphatic carbocycles. The van der Waals surface area contributed by atoms with Gasteiger partial charge in [-0.25, -0.2) is 4.98 Å². The molecule has 2 rings (SSSR count). The van der Waals surface area contributed by atoms with Gasteiger partial charge in [0.2, 0.25) is 0 Å². The number of aromatic nitrogens is 1. The van der Waals surface area contributed by atoms with Crippen LogP contribution in [0.25, 0.3) is 0 Å². The van der Waals surface area contributed by atoms with Gasteiger partial charge in [-0.2, -0.15) is 0 Å². The third-order valence-electron chi connectivity index (χ3n) is 2.17. The van der Waals surface area contributed by atoms with Crippen LogP contribution >= 0.6 is 35.0 Å². The molecule has 3 nitrogen and oxygen atoms in total. The fourth-order valence-corrected chi connectivity index (χ4v) is 2.76. The molecule has 0 fully saturated rings. The van der Waals surface area contributed by atoms with Crippen LogP contribution in [0.15, 0.2) is 33.9 Å². The van der Waals surface area contributed by atoms with Crippen LogP contribution in [0.1, 0.15) is 12.7 Å². The molecule has 6 heteroatoms. The summed E-state index contributed by atoms with van der Waals surface area (Å²) in [5.41, 5.74) is 0. The Bertz CT molecular complexity index is 517. The summed E-state index contributed by atoms with van der Waals surface area (Å²) in [4.78, 5) is 4.41. The molecule has 0 aliphatic heterocycles. The maximum Gasteiger partial charge on any atom is 0.146 e. The SMILES string of the molecule is CCNc1nc(SCc2ccco2)c(Cl)cc1Cl. The predicted molar refractivity (Wildman–Crippen MR) is 76.7 cm³/mol. The quantitative estimate of drug-likeness (QED) is 0.812. The molecule has 2 aromatic heterocycles. The average molecular weight is 303 g/mol. The Morgan fingerprint density at radius 3 is 2.89 bits per heavy atom. The lowest BCUT2D eigenvalue weighted by Crippen LogP contribution is -2.01. The van der Waals surface area contributed by atoms with E-state index in [4.69, 9.17) is 27.6 Å². The summed E-state index contributed by atoms with van der Waals surface area (Å²) >= 11 is 13.7. The van der Waals surface area contributed by atoms with Crippen molar-refractivity contribution in [3.8, 4) is 0 Å². The number of hydrogen-bond acceptors (Lipinski definition) is 4. The minimum absolute atomic E-state index is 0.532. The fraction of sp³-hybridized carbons (Fsp3) is 0.250. The fourth-order valence-electron chi connectivity index (χ4n) is 1.38. The smallest absolute Gasteiger partial charge is 0.146 e. The van der Waals surface area contributed by atoms with Crippen LogP contribution in [-0.2, 0) is 5.75 Å². The molecule has 1 N–H and O–H groups in total. The molecule has 0 spiro atoms. The number of nitrogens with one attached hydrogen (secondary N) is 1. The Hall–Kier alpha value is -0.840. The molecular weight excluding hydrogens is 291 g/mol. The summed E-state index contributed by atoms with van der Waals surface area (Å²) in [6.07, 6.45) is 1.65. The lowest BCUT2D eigenvalue weighted by atomic mass is 10.4. The first-order chi connectivity index (χ1) is 8.70. The zero-order valence-electron chi connectivity index (χ0n) is 9.74. The normalized spacial score (nSPS) is 10.6. The number of hydrogen-bond donors (Lipinski definition) is 1. The molecule has 0 aliphatic rings. The van der Waals surface area contributed by atoms with Crippen molar-refractivity contribution in [2.45, 2.75) is 17.7 Å². The number of furan rings is 1. The predicted octanol–water partition coefficient (Wildman–Crippen LogP) is 4.71. The van der Waals surface area contributed by atoms with E-state index in [0.29, 0.717) is 21.6 Å². The minimum Gasteiger partial charge on any atom is -0.468 e. The second-order valence-electron chi connectivity index (χ2n) is 3.50. The zero-order valence-corrected chi connectivity index (χ0v) is 12.1. The van der Waals surface area contributed by atoms with Gasteiger partial charge in [0.15, 0.2) is 0 Å². The van der Waals surface area contributed by atoms with Gasteiger partial charge >= 0.3 is 0 Å². The maximum atomic E-state index is 6.12. The van der Waals surface area contributed by atoms with E-state index >= 15 is 0 Å². The Balaban J connectivity index is 2.13. The Labute approximate surface area is 120 Å². The van der Waals surface area contributed by atoms with E-state index in [1.54, 1.807) is 12.3 Å². The van der Waals surface area contributed by atoms with Crippen LogP contribution < -0.4 is 5.32 Å². The lowest BCUT2D eigenvalue weighted by Gasteiger charge is -2.08. The number of nitrogens with zero attached hydrogens (tertiary/aromatic N) is 1. The van der Waals surface area contributed by atoms with Crippen LogP contribution in [0.3, 0.4) is 0 Å². The third kappa shape index (κ3) is 3.34. The van der Waals surface area contributed by atoms with Crippen LogP contribution in [0, 0.1) is 0 Å². The van der Waals surface area contributed by atoms with Crippen molar-refractivity contribution in [1.29, 1.82) is 0 Å². The highest BCUT2D eigenvalue weighted by atomic mass is 35.5. The molecule has 0 atom stereocenters. The van der Waals surface area contributed by atoms with E-state index in [9.17, 15) is 0 Å². The molecule has 0 aromatic carbocycles. The highest BCUT2D eigenvalue weighted by Crippen LogP contribution is 2.33. The van der Waals surface area contributed by atoms with Crippen LogP contribution in [0.4, 0.5) is 5.82 Å². The summed E-state index contributed by atoms with van der Waals surface area (Å²) in [5.74, 6) is 2.23. The second-order valence-corrected chi connectivity index (χ2v) is 5.28. The van der Waals surface area contributed by atoms with Crippen LogP contribution in [-0.4, -0.2) is 11.5 Å². The topological polar surface area (TPSA) is 38.1 Å². The summed E-state index contributed by atoms with van der Waals surface area (Å²) in [5, 5.41) is 4.93. The van der Waals surface area contributed by atoms with Gasteiger partial charge in [0, 0.05) is 6.54 Å². The Kier molecular flexibility index (Phi) is 4.80. The van der Waals surface area contributed by atoms with Crippen molar-refractivity contribution in [3.63, 3.8) is 0 Å². The van der Waals surface area contributed by atoms with E-state index in [1.165, 1.54) is 11.8 Å². The van der Waals surface area contributed by atoms with E-state index < -0.39 is 0 Å². The van der Waals surface area contributed by atoms with Crippen molar-refractivity contribution in [1.82, 2.24) is 4.98 Å². The van der Waals surface area contributed by atoms with E-state index in [-0.39, 0.29) is 0 Å². The lowest BCUT2D eigenvalue weighted by molar-refractivity contribution is 0.530. The van der Waals surface area contributed by atoms with Crippen LogP contribution in [0.5, 0.6) is 0 Å². The van der Waals surface area contributed by atoms with Crippen molar-refractivity contribution in [2.24, 2.45) is 0 Å². The van der Waals surface area contributed by atoms with Gasteiger partial charge in [-0.15, -0.1) is 0 Å². The van der Waals surface area contributed by atoms with E-state index in [0.717, 1.165) is 17.3 Å². The van der Waals surface area contributed by atoms with Gasteiger partial charge in [0.25, 0.3) is 0 Å². The van der Waals surface area contributed by atoms with Gasteiger partial charge in [-0.3, -0.25) is 0 Å². The first-order valence-corrected chi connectivity index (χ1v) is 7.20. The van der Waals surface area contributed by atoms with Crippen molar-refractivity contribution in [2.75, 3.05) is 11.9 Å². The molecule has 18 heavy (non-hydrogen) atoms. The minimum atomic E-state index is 0.532. The van der Waals surface area contributed by atoms with Gasteiger partial charge in [-0.05, 0) is 25.1 Å². The number of pyridine rings is 1. The molecule has 2 aromatic rings. The first kappa shape index (κ1) is 13.6. The molecule has 0 amide bonds. The van der Waals surface area contributed by atoms with Gasteiger partial charge in [-0.1, -0.05) is 35.0 Å². The molecule has 0 saturated heterocycles. The van der Waals surface area contributed by atoms with Crippen LogP contribution in [0.2, 0.25) is 10.0 Å². The summed E-state index contributed by atoms with van der Waals surface area (Å²) in [6, 6.07) is 5.48. The first-order valence-electron chi connectivity index (χ1n) is 5.45. The standard InChI is InChI=1S/C12H12Cl2N2OS/c1-2-15-11-9(13)6-10(14)12(16-11)18-7-8-4-3-5-17-8/h3-6H,2,7H2,1H3,(H,15,16). The molecule has 0 saturated carbocycles. The van der Waals surface area contributed by atoms with Crippen molar-refractivity contribution in [3.05, 3.63) is 40.3 Å². The Morgan fingerprint density at radius 2 is 2.22 bits per heavy atom. The summed E-state index contributed by atoms with van der Waals surface area (Å²) < 4.78 is 5.26. The largest absolute Gasteiger partial charge is 0.468 e. The van der Waals surface area contributed by atoms with Crippen molar-refractivity contribution >= 4 is 40.8 Å². The molecule has 2 heterocycles. The molecule has 0 unspecified atom stereocenters. The summed E-state index contributed by atoms with van der Waals surface area (Å²) in [7, 11) is 0. The third-order valence-corrected chi connectivity index (χ3v) is 3.87. The molecule has 0 radical (unpaired) electrons. The molecular formula is C12H12Cl2N2OS. The number of rotatable bonds is 5. The second kappa shape index (κ2) is 6.36. The molecule has 0 bridgehead atoms. The number of thioether (sulfide) groups is 1. The monoisotopic (exact) mass is 302 g/mol. The van der Waals surface area contributed by atoms with Crippen molar-refractivity contribution < 1.29 is 4.42 Å². The van der Waals surface area contributed by atoms with Gasteiger partial charge in [0.1, 0.15) is 16.6 Å². The Morgan fingerprint density at radius 1 is 1.39 bits per heavy atom. The zero-order chi connectivity index (χ0) is 13.0. The van der Waals surface area contributed by atoms with E-state index in [1.807, 2.05) is 19.1 Å². The highest BCUT2D eigenvalue weighted by Gasteiger charge is 2.10. The average Bonchev–Trinajstić information content (AvgIpc) is 2.84. The van der Waals surface area contributed by atoms with Gasteiger partial charge in [0.05, 0.1) is 22.1 Å². The molecule has 96 valence electrons. The summed E-state index contributed by atoms with van der Waals surface area (Å²) in [6.45, 7) is 2.75. The maximum absolute atomic E-state index is 6.12.